The van der Waals surface area contributed by atoms with Crippen molar-refractivity contribution in [1.29, 1.82) is 0 Å². The first-order valence-electron chi connectivity index (χ1n) is 8.71. The van der Waals surface area contributed by atoms with Crippen LogP contribution in [-0.2, 0) is 9.59 Å². The van der Waals surface area contributed by atoms with E-state index in [0.717, 1.165) is 0 Å². The molecule has 0 atom stereocenters. The van der Waals surface area contributed by atoms with Gasteiger partial charge in [-0.1, -0.05) is 31.9 Å². The highest BCUT2D eigenvalue weighted by Gasteiger charge is 2.25. The molecule has 7 nitrogen and oxygen atoms in total. The SMILES string of the molecule is CN(C)C=C(Br)C(=O)Nc1ccc(N=Nc2ccc(NC(=O)C(C)(Br)Br)cc2)cc1. The van der Waals surface area contributed by atoms with Crippen LogP contribution < -0.4 is 10.6 Å². The van der Waals surface area contributed by atoms with Crippen LogP contribution >= 0.6 is 47.8 Å². The molecule has 0 bridgehead atoms. The summed E-state index contributed by atoms with van der Waals surface area (Å²) in [5.41, 5.74) is 2.58. The molecule has 2 aromatic rings. The number of azo groups is 1. The number of alkyl halides is 2. The van der Waals surface area contributed by atoms with Crippen molar-refractivity contribution >= 4 is 82.4 Å². The Kier molecular flexibility index (Phi) is 8.75. The Hall–Kier alpha value is -2.04. The second kappa shape index (κ2) is 10.8. The molecular formula is C20H20Br3N5O2. The summed E-state index contributed by atoms with van der Waals surface area (Å²) in [5.74, 6) is -0.460. The molecule has 0 spiro atoms. The average Bonchev–Trinajstić information content (AvgIpc) is 2.67. The first-order valence-corrected chi connectivity index (χ1v) is 11.1. The Bertz CT molecular complexity index is 950. The van der Waals surface area contributed by atoms with E-state index in [1.165, 1.54) is 0 Å². The molecule has 2 N–H and O–H groups in total. The number of benzene rings is 2. The van der Waals surface area contributed by atoms with E-state index in [1.807, 2.05) is 14.1 Å². The van der Waals surface area contributed by atoms with Gasteiger partial charge in [-0.2, -0.15) is 10.2 Å². The van der Waals surface area contributed by atoms with Gasteiger partial charge in [0, 0.05) is 31.7 Å². The van der Waals surface area contributed by atoms with Crippen molar-refractivity contribution in [2.75, 3.05) is 24.7 Å². The summed E-state index contributed by atoms with van der Waals surface area (Å²) in [6.45, 7) is 1.70. The Balaban J connectivity index is 1.97. The highest BCUT2D eigenvalue weighted by molar-refractivity contribution is 9.25. The highest BCUT2D eigenvalue weighted by Crippen LogP contribution is 2.27. The van der Waals surface area contributed by atoms with Gasteiger partial charge in [-0.3, -0.25) is 9.59 Å². The number of carbonyl (C=O) groups is 2. The predicted molar refractivity (Wildman–Crippen MR) is 131 cm³/mol. The molecule has 30 heavy (non-hydrogen) atoms. The summed E-state index contributed by atoms with van der Waals surface area (Å²) in [7, 11) is 3.67. The van der Waals surface area contributed by atoms with E-state index < -0.39 is 3.23 Å². The summed E-state index contributed by atoms with van der Waals surface area (Å²) in [4.78, 5) is 25.8. The van der Waals surface area contributed by atoms with E-state index in [9.17, 15) is 9.59 Å². The third-order valence-corrected chi connectivity index (χ3v) is 4.80. The second-order valence-corrected chi connectivity index (χ2v) is 11.6. The largest absolute Gasteiger partial charge is 0.382 e. The summed E-state index contributed by atoms with van der Waals surface area (Å²) >= 11 is 9.72. The monoisotopic (exact) mass is 599 g/mol. The minimum Gasteiger partial charge on any atom is -0.382 e. The molecule has 0 unspecified atom stereocenters. The fraction of sp³-hybridized carbons (Fsp3) is 0.200. The van der Waals surface area contributed by atoms with E-state index in [2.05, 4.69) is 68.7 Å². The number of nitrogens with one attached hydrogen (secondary N) is 2. The van der Waals surface area contributed by atoms with Gasteiger partial charge in [-0.05, 0) is 71.4 Å². The Morgan fingerprint density at radius 3 is 1.73 bits per heavy atom. The lowest BCUT2D eigenvalue weighted by atomic mass is 10.2. The molecule has 2 amide bonds. The number of nitrogens with zero attached hydrogens (tertiary/aromatic N) is 3. The quantitative estimate of drug-likeness (QED) is 0.222. The van der Waals surface area contributed by atoms with Gasteiger partial charge in [-0.15, -0.1) is 0 Å². The normalized spacial score (nSPS) is 12.0. The number of hydrogen-bond donors (Lipinski definition) is 2. The fourth-order valence-corrected chi connectivity index (χ4v) is 2.76. The molecule has 158 valence electrons. The molecule has 0 aliphatic carbocycles. The third-order valence-electron chi connectivity index (χ3n) is 3.52. The van der Waals surface area contributed by atoms with Crippen LogP contribution in [0.15, 0.2) is 69.4 Å². The zero-order valence-electron chi connectivity index (χ0n) is 16.5. The molecule has 0 fully saturated rings. The molecule has 0 saturated carbocycles. The van der Waals surface area contributed by atoms with Gasteiger partial charge in [-0.25, -0.2) is 0 Å². The standard InChI is InChI=1S/C20H20Br3N5O2/c1-20(22,23)19(30)25-14-6-10-16(11-7-14)27-26-15-8-4-13(5-9-15)24-18(29)17(21)12-28(2)3/h4-12H,1-3H3,(H,24,29)(H,25,30). The van der Waals surface area contributed by atoms with Crippen molar-refractivity contribution in [1.82, 2.24) is 4.90 Å². The molecular weight excluding hydrogens is 582 g/mol. The summed E-state index contributed by atoms with van der Waals surface area (Å²) in [6.07, 6.45) is 1.67. The number of hydrogen-bond acceptors (Lipinski definition) is 5. The van der Waals surface area contributed by atoms with Gasteiger partial charge < -0.3 is 15.5 Å². The minimum atomic E-state index is -0.831. The maximum Gasteiger partial charge on any atom is 0.264 e. The molecule has 0 aliphatic rings. The van der Waals surface area contributed by atoms with Gasteiger partial charge >= 0.3 is 0 Å². The predicted octanol–water partition coefficient (Wildman–Crippen LogP) is 6.28. The Morgan fingerprint density at radius 2 is 1.33 bits per heavy atom. The number of carbonyl (C=O) groups excluding carboxylic acids is 2. The minimum absolute atomic E-state index is 0.215. The maximum absolute atomic E-state index is 12.1. The van der Waals surface area contributed by atoms with E-state index in [0.29, 0.717) is 27.2 Å². The third kappa shape index (κ3) is 8.00. The maximum atomic E-state index is 12.1. The molecule has 0 saturated heterocycles. The van der Waals surface area contributed by atoms with Crippen molar-refractivity contribution < 1.29 is 9.59 Å². The summed E-state index contributed by atoms with van der Waals surface area (Å²) < 4.78 is -0.407. The van der Waals surface area contributed by atoms with Crippen molar-refractivity contribution in [3.05, 3.63) is 59.2 Å². The molecule has 10 heteroatoms. The fourth-order valence-electron chi connectivity index (χ4n) is 2.06. The molecule has 0 aliphatic heterocycles. The van der Waals surface area contributed by atoms with Crippen LogP contribution in [0.2, 0.25) is 0 Å². The highest BCUT2D eigenvalue weighted by atomic mass is 79.9. The lowest BCUT2D eigenvalue weighted by molar-refractivity contribution is -0.116. The topological polar surface area (TPSA) is 86.2 Å². The van der Waals surface area contributed by atoms with Gasteiger partial charge in [0.05, 0.1) is 15.9 Å². The van der Waals surface area contributed by atoms with Crippen molar-refractivity contribution in [2.24, 2.45) is 10.2 Å². The smallest absolute Gasteiger partial charge is 0.264 e. The van der Waals surface area contributed by atoms with Crippen LogP contribution in [0.25, 0.3) is 0 Å². The summed E-state index contributed by atoms with van der Waals surface area (Å²) in [6, 6.07) is 14.0. The Morgan fingerprint density at radius 1 is 0.900 bits per heavy atom. The summed E-state index contributed by atoms with van der Waals surface area (Å²) in [5, 5.41) is 13.9. The first kappa shape index (κ1) is 24.2. The van der Waals surface area contributed by atoms with E-state index >= 15 is 0 Å². The lowest BCUT2D eigenvalue weighted by Gasteiger charge is -2.13. The van der Waals surface area contributed by atoms with E-state index in [4.69, 9.17) is 0 Å². The average molecular weight is 602 g/mol. The molecule has 0 aromatic heterocycles. The van der Waals surface area contributed by atoms with Crippen LogP contribution in [0.5, 0.6) is 0 Å². The van der Waals surface area contributed by atoms with Crippen LogP contribution in [0.4, 0.5) is 22.7 Å². The van der Waals surface area contributed by atoms with Gasteiger partial charge in [0.1, 0.15) is 0 Å². The lowest BCUT2D eigenvalue weighted by Crippen LogP contribution is -2.28. The second-order valence-electron chi connectivity index (χ2n) is 6.53. The van der Waals surface area contributed by atoms with E-state index in [-0.39, 0.29) is 11.8 Å². The zero-order valence-corrected chi connectivity index (χ0v) is 21.2. The van der Waals surface area contributed by atoms with Crippen LogP contribution in [0.1, 0.15) is 6.92 Å². The van der Waals surface area contributed by atoms with Gasteiger partial charge in [0.25, 0.3) is 11.8 Å². The number of rotatable bonds is 7. The van der Waals surface area contributed by atoms with Crippen molar-refractivity contribution in [3.63, 3.8) is 0 Å². The number of amides is 2. The van der Waals surface area contributed by atoms with E-state index in [1.54, 1.807) is 66.6 Å². The molecule has 2 rings (SSSR count). The molecule has 2 aromatic carbocycles. The van der Waals surface area contributed by atoms with Crippen molar-refractivity contribution in [3.8, 4) is 0 Å². The van der Waals surface area contributed by atoms with Crippen LogP contribution in [-0.4, -0.2) is 34.0 Å². The Labute approximate surface area is 200 Å². The molecule has 0 radical (unpaired) electrons. The zero-order chi connectivity index (χ0) is 22.3. The number of anilines is 2. The van der Waals surface area contributed by atoms with Crippen LogP contribution in [0, 0.1) is 0 Å². The first-order chi connectivity index (χ1) is 14.0. The van der Waals surface area contributed by atoms with Crippen molar-refractivity contribution in [2.45, 2.75) is 10.2 Å². The number of halogens is 3. The van der Waals surface area contributed by atoms with Crippen LogP contribution in [0.3, 0.4) is 0 Å². The molecule has 0 heterocycles. The van der Waals surface area contributed by atoms with Gasteiger partial charge in [0.15, 0.2) is 3.23 Å². The van der Waals surface area contributed by atoms with Gasteiger partial charge in [0.2, 0.25) is 0 Å².